The number of nitrogens with zero attached hydrogens (tertiary/aromatic N) is 2. The Labute approximate surface area is 202 Å². The summed E-state index contributed by atoms with van der Waals surface area (Å²) in [6.07, 6.45) is 3.52. The first kappa shape index (κ1) is 25.4. The van der Waals surface area contributed by atoms with Crippen LogP contribution >= 0.6 is 24.0 Å². The van der Waals surface area contributed by atoms with E-state index in [1.165, 1.54) is 25.1 Å². The van der Waals surface area contributed by atoms with Gasteiger partial charge in [-0.2, -0.15) is 0 Å². The van der Waals surface area contributed by atoms with Gasteiger partial charge >= 0.3 is 0 Å². The van der Waals surface area contributed by atoms with Gasteiger partial charge in [0, 0.05) is 32.7 Å². The first-order valence-corrected chi connectivity index (χ1v) is 10.8. The van der Waals surface area contributed by atoms with Crippen molar-refractivity contribution in [3.05, 3.63) is 65.5 Å². The van der Waals surface area contributed by atoms with Gasteiger partial charge in [-0.15, -0.1) is 24.0 Å². The first-order valence-electron chi connectivity index (χ1n) is 10.8. The number of halogens is 2. The molecular formula is C24H34FIN4O. The highest BCUT2D eigenvalue weighted by molar-refractivity contribution is 14.0. The van der Waals surface area contributed by atoms with Crippen molar-refractivity contribution in [3.8, 4) is 5.75 Å². The molecule has 0 radical (unpaired) electrons. The van der Waals surface area contributed by atoms with Crippen LogP contribution < -0.4 is 15.4 Å². The number of nitrogens with one attached hydrogen (secondary N) is 2. The van der Waals surface area contributed by atoms with Gasteiger partial charge in [-0.25, -0.2) is 4.39 Å². The first-order chi connectivity index (χ1) is 14.7. The number of guanidine groups is 1. The minimum absolute atomic E-state index is 0. The second kappa shape index (κ2) is 13.5. The van der Waals surface area contributed by atoms with E-state index in [2.05, 4.69) is 27.4 Å². The lowest BCUT2D eigenvalue weighted by atomic mass is 10.1. The fourth-order valence-corrected chi connectivity index (χ4v) is 3.69. The molecule has 0 amide bonds. The fourth-order valence-electron chi connectivity index (χ4n) is 3.69. The summed E-state index contributed by atoms with van der Waals surface area (Å²) in [7, 11) is 1.81. The molecule has 0 aromatic heterocycles. The quantitative estimate of drug-likeness (QED) is 0.293. The summed E-state index contributed by atoms with van der Waals surface area (Å²) in [6, 6.07) is 14.9. The van der Waals surface area contributed by atoms with E-state index in [0.29, 0.717) is 19.2 Å². The Morgan fingerprint density at radius 1 is 1.13 bits per heavy atom. The molecule has 5 nitrogen and oxygen atoms in total. The average molecular weight is 540 g/mol. The van der Waals surface area contributed by atoms with Crippen LogP contribution in [0.3, 0.4) is 0 Å². The maximum Gasteiger partial charge on any atom is 0.191 e. The van der Waals surface area contributed by atoms with Crippen LogP contribution in [0.5, 0.6) is 5.75 Å². The second-order valence-electron chi connectivity index (χ2n) is 7.75. The van der Waals surface area contributed by atoms with Crippen LogP contribution in [0.2, 0.25) is 0 Å². The molecule has 31 heavy (non-hydrogen) atoms. The summed E-state index contributed by atoms with van der Waals surface area (Å²) in [4.78, 5) is 6.90. The van der Waals surface area contributed by atoms with Gasteiger partial charge in [0.15, 0.2) is 5.96 Å². The van der Waals surface area contributed by atoms with Crippen molar-refractivity contribution in [1.82, 2.24) is 15.5 Å². The summed E-state index contributed by atoms with van der Waals surface area (Å²) in [5.74, 6) is 1.37. The van der Waals surface area contributed by atoms with E-state index >= 15 is 0 Å². The smallest absolute Gasteiger partial charge is 0.191 e. The normalized spacial score (nSPS) is 15.3. The van der Waals surface area contributed by atoms with Gasteiger partial charge in [-0.05, 0) is 61.2 Å². The topological polar surface area (TPSA) is 48.9 Å². The third-order valence-electron chi connectivity index (χ3n) is 5.37. The van der Waals surface area contributed by atoms with Gasteiger partial charge in [0.1, 0.15) is 18.2 Å². The number of rotatable bonds is 8. The number of benzene rings is 2. The van der Waals surface area contributed by atoms with E-state index in [0.717, 1.165) is 48.8 Å². The highest BCUT2D eigenvalue weighted by Crippen LogP contribution is 2.15. The molecule has 7 heteroatoms. The zero-order chi connectivity index (χ0) is 21.2. The molecule has 0 saturated carbocycles. The minimum Gasteiger partial charge on any atom is -0.489 e. The molecule has 3 rings (SSSR count). The van der Waals surface area contributed by atoms with Crippen LogP contribution in [0.1, 0.15) is 37.3 Å². The number of likely N-dealkylation sites (tertiary alicyclic amines) is 1. The van der Waals surface area contributed by atoms with Crippen molar-refractivity contribution in [1.29, 1.82) is 0 Å². The van der Waals surface area contributed by atoms with Crippen LogP contribution in [-0.2, 0) is 13.2 Å². The van der Waals surface area contributed by atoms with E-state index < -0.39 is 0 Å². The lowest BCUT2D eigenvalue weighted by Gasteiger charge is -2.32. The van der Waals surface area contributed by atoms with Gasteiger partial charge < -0.3 is 20.3 Å². The van der Waals surface area contributed by atoms with Crippen molar-refractivity contribution in [2.24, 2.45) is 4.99 Å². The van der Waals surface area contributed by atoms with Crippen LogP contribution in [-0.4, -0.2) is 43.6 Å². The summed E-state index contributed by atoms with van der Waals surface area (Å²) >= 11 is 0. The highest BCUT2D eigenvalue weighted by Gasteiger charge is 2.19. The standard InChI is InChI=1S/C24H33FN4O.HI/c1-3-13-29-14-11-22(12-15-29)28-24(26-2)27-17-19-7-9-23(10-8-19)30-18-20-5-4-6-21(25)16-20;/h4-10,16,22H,3,11-15,17-18H2,1-2H3,(H2,26,27,28);1H. The molecule has 2 aromatic carbocycles. The van der Waals surface area contributed by atoms with Crippen molar-refractivity contribution in [3.63, 3.8) is 0 Å². The number of hydrogen-bond donors (Lipinski definition) is 2. The van der Waals surface area contributed by atoms with Crippen LogP contribution in [0.15, 0.2) is 53.5 Å². The molecular weight excluding hydrogens is 506 g/mol. The van der Waals surface area contributed by atoms with Crippen LogP contribution in [0, 0.1) is 5.82 Å². The molecule has 1 aliphatic heterocycles. The molecule has 2 aromatic rings. The second-order valence-corrected chi connectivity index (χ2v) is 7.75. The van der Waals surface area contributed by atoms with Crippen LogP contribution in [0.25, 0.3) is 0 Å². The zero-order valence-electron chi connectivity index (χ0n) is 18.4. The summed E-state index contributed by atoms with van der Waals surface area (Å²) in [5.41, 5.74) is 1.96. The monoisotopic (exact) mass is 540 g/mol. The Hall–Kier alpha value is -1.87. The third kappa shape index (κ3) is 8.65. The summed E-state index contributed by atoms with van der Waals surface area (Å²) in [6.45, 7) is 6.78. The number of piperidine rings is 1. The van der Waals surface area contributed by atoms with Gasteiger partial charge in [-0.3, -0.25) is 4.99 Å². The molecule has 1 fully saturated rings. The predicted octanol–water partition coefficient (Wildman–Crippen LogP) is 4.56. The lowest BCUT2D eigenvalue weighted by molar-refractivity contribution is 0.206. The van der Waals surface area contributed by atoms with Crippen molar-refractivity contribution in [2.75, 3.05) is 26.7 Å². The van der Waals surface area contributed by atoms with Crippen molar-refractivity contribution in [2.45, 2.75) is 45.4 Å². The fraction of sp³-hybridized carbons (Fsp3) is 0.458. The van der Waals surface area contributed by atoms with Gasteiger partial charge in [-0.1, -0.05) is 31.2 Å². The van der Waals surface area contributed by atoms with Gasteiger partial charge in [0.2, 0.25) is 0 Å². The minimum atomic E-state index is -0.244. The molecule has 1 heterocycles. The Balaban J connectivity index is 0.00000341. The molecule has 1 saturated heterocycles. The highest BCUT2D eigenvalue weighted by atomic mass is 127. The maximum atomic E-state index is 13.2. The average Bonchev–Trinajstić information content (AvgIpc) is 2.77. The molecule has 0 bridgehead atoms. The maximum absolute atomic E-state index is 13.2. The summed E-state index contributed by atoms with van der Waals surface area (Å²) in [5, 5.41) is 6.95. The van der Waals surface area contributed by atoms with Gasteiger partial charge in [0.25, 0.3) is 0 Å². The number of ether oxygens (including phenoxy) is 1. The zero-order valence-corrected chi connectivity index (χ0v) is 20.8. The Morgan fingerprint density at radius 2 is 1.87 bits per heavy atom. The van der Waals surface area contributed by atoms with Gasteiger partial charge in [0.05, 0.1) is 0 Å². The Bertz CT molecular complexity index is 807. The lowest BCUT2D eigenvalue weighted by Crippen LogP contribution is -2.48. The van der Waals surface area contributed by atoms with E-state index in [1.54, 1.807) is 6.07 Å². The van der Waals surface area contributed by atoms with E-state index in [4.69, 9.17) is 4.74 Å². The van der Waals surface area contributed by atoms with E-state index in [1.807, 2.05) is 37.4 Å². The van der Waals surface area contributed by atoms with Crippen molar-refractivity contribution >= 4 is 29.9 Å². The summed E-state index contributed by atoms with van der Waals surface area (Å²) < 4.78 is 19.0. The number of hydrogen-bond acceptors (Lipinski definition) is 3. The molecule has 0 spiro atoms. The molecule has 2 N–H and O–H groups in total. The Morgan fingerprint density at radius 3 is 2.52 bits per heavy atom. The molecule has 0 unspecified atom stereocenters. The third-order valence-corrected chi connectivity index (χ3v) is 5.37. The van der Waals surface area contributed by atoms with Crippen molar-refractivity contribution < 1.29 is 9.13 Å². The number of aliphatic imine (C=N–C) groups is 1. The molecule has 170 valence electrons. The largest absolute Gasteiger partial charge is 0.489 e. The van der Waals surface area contributed by atoms with E-state index in [-0.39, 0.29) is 29.8 Å². The predicted molar refractivity (Wildman–Crippen MR) is 136 cm³/mol. The van der Waals surface area contributed by atoms with E-state index in [9.17, 15) is 4.39 Å². The Kier molecular flexibility index (Phi) is 11.1. The molecule has 1 aliphatic rings. The van der Waals surface area contributed by atoms with Crippen LogP contribution in [0.4, 0.5) is 4.39 Å². The SMILES string of the molecule is CCCN1CCC(NC(=NC)NCc2ccc(OCc3cccc(F)c3)cc2)CC1.I. The molecule has 0 aliphatic carbocycles. The molecule has 0 atom stereocenters.